The zero-order chi connectivity index (χ0) is 13.5. The number of rotatable bonds is 6. The van der Waals surface area contributed by atoms with Gasteiger partial charge in [0.1, 0.15) is 0 Å². The lowest BCUT2D eigenvalue weighted by Gasteiger charge is -2.21. The van der Waals surface area contributed by atoms with Crippen LogP contribution in [-0.2, 0) is 6.54 Å². The largest absolute Gasteiger partial charge is 0.333 e. The smallest absolute Gasteiger partial charge is 0.275 e. The molecule has 2 rings (SSSR count). The number of halogens is 1. The first-order valence-corrected chi connectivity index (χ1v) is 6.95. The number of hydrogen-bond donors (Lipinski definition) is 1. The minimum absolute atomic E-state index is 0. The van der Waals surface area contributed by atoms with Crippen LogP contribution in [-0.4, -0.2) is 33.5 Å². The van der Waals surface area contributed by atoms with Gasteiger partial charge in [0.25, 0.3) is 5.91 Å². The fourth-order valence-electron chi connectivity index (χ4n) is 1.76. The van der Waals surface area contributed by atoms with Crippen molar-refractivity contribution in [2.45, 2.75) is 13.0 Å². The van der Waals surface area contributed by atoms with E-state index in [4.69, 9.17) is 5.73 Å². The van der Waals surface area contributed by atoms with E-state index in [9.17, 15) is 4.79 Å². The number of aromatic nitrogens is 2. The van der Waals surface area contributed by atoms with Crippen molar-refractivity contribution in [1.82, 2.24) is 14.5 Å². The van der Waals surface area contributed by atoms with Gasteiger partial charge in [-0.25, -0.2) is 0 Å². The van der Waals surface area contributed by atoms with E-state index in [1.54, 1.807) is 10.3 Å². The summed E-state index contributed by atoms with van der Waals surface area (Å²) in [5, 5.41) is 5.50. The Morgan fingerprint density at radius 1 is 1.30 bits per heavy atom. The Balaban J connectivity index is 0.00000200. The Morgan fingerprint density at radius 2 is 2.05 bits per heavy atom. The van der Waals surface area contributed by atoms with Crippen molar-refractivity contribution in [2.24, 2.45) is 5.73 Å². The van der Waals surface area contributed by atoms with Gasteiger partial charge in [-0.05, 0) is 30.1 Å². The normalized spacial score (nSPS) is 9.85. The summed E-state index contributed by atoms with van der Waals surface area (Å²) in [5.74, 6) is -0.0916. The van der Waals surface area contributed by atoms with Crippen LogP contribution < -0.4 is 5.73 Å². The summed E-state index contributed by atoms with van der Waals surface area (Å²) in [6.07, 6.45) is 0.774. The van der Waals surface area contributed by atoms with Crippen molar-refractivity contribution >= 4 is 29.8 Å². The molecule has 1 heterocycles. The second-order valence-electron chi connectivity index (χ2n) is 4.14. The fraction of sp³-hybridized carbons (Fsp3) is 0.308. The van der Waals surface area contributed by atoms with Gasteiger partial charge in [0.05, 0.1) is 0 Å². The topological polar surface area (TPSA) is 72.1 Å². The molecule has 7 heteroatoms. The van der Waals surface area contributed by atoms with Crippen LogP contribution in [0.3, 0.4) is 0 Å². The zero-order valence-electron chi connectivity index (χ0n) is 10.9. The molecule has 0 bridgehead atoms. The highest BCUT2D eigenvalue weighted by molar-refractivity contribution is 7.03. The van der Waals surface area contributed by atoms with Gasteiger partial charge in [-0.2, -0.15) is 0 Å². The Labute approximate surface area is 128 Å². The molecule has 0 unspecified atom stereocenters. The molecule has 0 saturated heterocycles. The Hall–Kier alpha value is -1.50. The van der Waals surface area contributed by atoms with Crippen LogP contribution in [0.4, 0.5) is 0 Å². The van der Waals surface area contributed by atoms with Crippen molar-refractivity contribution in [1.29, 1.82) is 0 Å². The van der Waals surface area contributed by atoms with Crippen LogP contribution in [0.25, 0.3) is 0 Å². The zero-order valence-corrected chi connectivity index (χ0v) is 12.6. The van der Waals surface area contributed by atoms with E-state index in [1.165, 1.54) is 11.5 Å². The SMILES string of the molecule is Cl.NCCCN(Cc1ccccc1)C(=O)c1csnn1. The van der Waals surface area contributed by atoms with E-state index in [0.717, 1.165) is 12.0 Å². The van der Waals surface area contributed by atoms with Crippen LogP contribution in [0.1, 0.15) is 22.5 Å². The molecule has 0 aliphatic heterocycles. The molecule has 0 fully saturated rings. The molecule has 2 N–H and O–H groups in total. The number of amides is 1. The lowest BCUT2D eigenvalue weighted by Crippen LogP contribution is -2.32. The minimum Gasteiger partial charge on any atom is -0.333 e. The Morgan fingerprint density at radius 3 is 2.65 bits per heavy atom. The number of carbonyl (C=O) groups excluding carboxylic acids is 1. The van der Waals surface area contributed by atoms with Crippen LogP contribution in [0.2, 0.25) is 0 Å². The van der Waals surface area contributed by atoms with Gasteiger partial charge >= 0.3 is 0 Å². The van der Waals surface area contributed by atoms with Gasteiger partial charge < -0.3 is 10.6 Å². The summed E-state index contributed by atoms with van der Waals surface area (Å²) in [6.45, 7) is 1.76. The number of benzene rings is 1. The summed E-state index contributed by atoms with van der Waals surface area (Å²) in [7, 11) is 0. The quantitative estimate of drug-likeness (QED) is 0.885. The molecule has 1 aromatic carbocycles. The first-order chi connectivity index (χ1) is 9.31. The number of carbonyl (C=O) groups is 1. The molecule has 0 saturated carbocycles. The fourth-order valence-corrected chi connectivity index (χ4v) is 2.19. The molecular weight excluding hydrogens is 296 g/mol. The van der Waals surface area contributed by atoms with Gasteiger partial charge in [0.15, 0.2) is 5.69 Å². The number of nitrogens with zero attached hydrogens (tertiary/aromatic N) is 3. The van der Waals surface area contributed by atoms with Crippen molar-refractivity contribution in [3.63, 3.8) is 0 Å². The van der Waals surface area contributed by atoms with Gasteiger partial charge in [0, 0.05) is 18.5 Å². The minimum atomic E-state index is -0.0916. The molecule has 0 spiro atoms. The van der Waals surface area contributed by atoms with Gasteiger partial charge in [-0.1, -0.05) is 34.8 Å². The average Bonchev–Trinajstić information content (AvgIpc) is 2.98. The number of hydrogen-bond acceptors (Lipinski definition) is 5. The number of nitrogens with two attached hydrogens (primary N) is 1. The Kier molecular flexibility index (Phi) is 7.14. The second kappa shape index (κ2) is 8.63. The van der Waals surface area contributed by atoms with Crippen LogP contribution in [0.5, 0.6) is 0 Å². The summed E-state index contributed by atoms with van der Waals surface area (Å²) in [5.41, 5.74) is 7.02. The molecule has 0 atom stereocenters. The maximum absolute atomic E-state index is 12.3. The first kappa shape index (κ1) is 16.6. The molecule has 0 radical (unpaired) electrons. The lowest BCUT2D eigenvalue weighted by molar-refractivity contribution is 0.0736. The molecular formula is C13H17ClN4OS. The third-order valence-electron chi connectivity index (χ3n) is 2.71. The van der Waals surface area contributed by atoms with E-state index in [0.29, 0.717) is 25.3 Å². The maximum Gasteiger partial charge on any atom is 0.275 e. The first-order valence-electron chi connectivity index (χ1n) is 6.11. The Bertz CT molecular complexity index is 506. The highest BCUT2D eigenvalue weighted by atomic mass is 35.5. The summed E-state index contributed by atoms with van der Waals surface area (Å²) < 4.78 is 3.73. The van der Waals surface area contributed by atoms with Gasteiger partial charge in [-0.3, -0.25) is 4.79 Å². The third-order valence-corrected chi connectivity index (χ3v) is 3.22. The molecule has 0 aliphatic rings. The molecule has 5 nitrogen and oxygen atoms in total. The van der Waals surface area contributed by atoms with Crippen LogP contribution >= 0.6 is 23.9 Å². The standard InChI is InChI=1S/C13H16N4OS.ClH/c14-7-4-8-17(9-11-5-2-1-3-6-11)13(18)12-10-19-16-15-12;/h1-3,5-6,10H,4,7-9,14H2;1H. The van der Waals surface area contributed by atoms with Crippen molar-refractivity contribution in [3.05, 3.63) is 47.0 Å². The predicted molar refractivity (Wildman–Crippen MR) is 82.0 cm³/mol. The average molecular weight is 313 g/mol. The molecule has 1 amide bonds. The van der Waals surface area contributed by atoms with E-state index in [-0.39, 0.29) is 18.3 Å². The van der Waals surface area contributed by atoms with E-state index >= 15 is 0 Å². The summed E-state index contributed by atoms with van der Waals surface area (Å²) in [6, 6.07) is 9.89. The molecule has 1 aromatic heterocycles. The molecule has 20 heavy (non-hydrogen) atoms. The van der Waals surface area contributed by atoms with Gasteiger partial charge in [0.2, 0.25) is 0 Å². The maximum atomic E-state index is 12.3. The van der Waals surface area contributed by atoms with Crippen molar-refractivity contribution in [3.8, 4) is 0 Å². The molecule has 0 aliphatic carbocycles. The summed E-state index contributed by atoms with van der Waals surface area (Å²) in [4.78, 5) is 14.1. The highest BCUT2D eigenvalue weighted by Crippen LogP contribution is 2.10. The molecule has 108 valence electrons. The highest BCUT2D eigenvalue weighted by Gasteiger charge is 2.17. The van der Waals surface area contributed by atoms with E-state index < -0.39 is 0 Å². The second-order valence-corrected chi connectivity index (χ2v) is 4.75. The van der Waals surface area contributed by atoms with Crippen molar-refractivity contribution < 1.29 is 4.79 Å². The predicted octanol–water partition coefficient (Wildman–Crippen LogP) is 1.95. The van der Waals surface area contributed by atoms with Gasteiger partial charge in [-0.15, -0.1) is 17.5 Å². The summed E-state index contributed by atoms with van der Waals surface area (Å²) >= 11 is 1.18. The van der Waals surface area contributed by atoms with Crippen LogP contribution in [0, 0.1) is 0 Å². The van der Waals surface area contributed by atoms with E-state index in [1.807, 2.05) is 30.3 Å². The lowest BCUT2D eigenvalue weighted by atomic mass is 10.2. The van der Waals surface area contributed by atoms with Crippen molar-refractivity contribution in [2.75, 3.05) is 13.1 Å². The van der Waals surface area contributed by atoms with Crippen LogP contribution in [0.15, 0.2) is 35.7 Å². The third kappa shape index (κ3) is 4.56. The molecule has 2 aromatic rings. The van der Waals surface area contributed by atoms with E-state index in [2.05, 4.69) is 9.59 Å². The monoisotopic (exact) mass is 312 g/mol.